The van der Waals surface area contributed by atoms with Gasteiger partial charge in [-0.25, -0.2) is 4.98 Å². The molecule has 2 heterocycles. The zero-order valence-electron chi connectivity index (χ0n) is 15.9. The molecule has 1 fully saturated rings. The molecular weight excluding hydrogens is 346 g/mol. The summed E-state index contributed by atoms with van der Waals surface area (Å²) in [4.78, 5) is 29.0. The van der Waals surface area contributed by atoms with E-state index in [-0.39, 0.29) is 23.6 Å². The van der Waals surface area contributed by atoms with Gasteiger partial charge in [0.05, 0.1) is 42.6 Å². The minimum absolute atomic E-state index is 0.0934. The highest BCUT2D eigenvalue weighted by atomic mass is 16.5. The van der Waals surface area contributed by atoms with Crippen molar-refractivity contribution in [3.05, 3.63) is 52.1 Å². The Balaban J connectivity index is 1.73. The molecule has 0 bridgehead atoms. The Hall–Kier alpha value is -2.51. The van der Waals surface area contributed by atoms with E-state index < -0.39 is 0 Å². The quantitative estimate of drug-likeness (QED) is 0.811. The number of benzene rings is 1. The summed E-state index contributed by atoms with van der Waals surface area (Å²) < 4.78 is 12.8. The number of nitrogens with zero attached hydrogens (tertiary/aromatic N) is 2. The van der Waals surface area contributed by atoms with E-state index in [1.165, 1.54) is 16.5 Å². The maximum atomic E-state index is 12.7. The molecule has 144 valence electrons. The number of aromatic nitrogens is 2. The van der Waals surface area contributed by atoms with E-state index in [1.807, 2.05) is 19.9 Å². The SMILES string of the molecule is CC(C)=CCO[C@@H]1CCOC[C@@H]1NC(=O)c1ccc2c(=O)n(C)cnc2c1. The number of ether oxygens (including phenoxy) is 2. The van der Waals surface area contributed by atoms with Gasteiger partial charge < -0.3 is 19.4 Å². The molecule has 7 heteroatoms. The summed E-state index contributed by atoms with van der Waals surface area (Å²) in [5, 5.41) is 3.48. The first-order chi connectivity index (χ1) is 13.0. The fraction of sp³-hybridized carbons (Fsp3) is 0.450. The smallest absolute Gasteiger partial charge is 0.260 e. The van der Waals surface area contributed by atoms with E-state index in [2.05, 4.69) is 10.3 Å². The molecule has 0 spiro atoms. The van der Waals surface area contributed by atoms with Crippen LogP contribution in [0, 0.1) is 0 Å². The van der Waals surface area contributed by atoms with Gasteiger partial charge in [0.15, 0.2) is 0 Å². The van der Waals surface area contributed by atoms with Crippen LogP contribution in [0.25, 0.3) is 10.9 Å². The number of hydrogen-bond acceptors (Lipinski definition) is 5. The Bertz CT molecular complexity index is 915. The van der Waals surface area contributed by atoms with Crippen LogP contribution >= 0.6 is 0 Å². The van der Waals surface area contributed by atoms with Crippen molar-refractivity contribution < 1.29 is 14.3 Å². The van der Waals surface area contributed by atoms with Crippen LogP contribution in [0.3, 0.4) is 0 Å². The number of hydrogen-bond donors (Lipinski definition) is 1. The van der Waals surface area contributed by atoms with Crippen molar-refractivity contribution >= 4 is 16.8 Å². The minimum atomic E-state index is -0.231. The van der Waals surface area contributed by atoms with Gasteiger partial charge in [-0.2, -0.15) is 0 Å². The zero-order chi connectivity index (χ0) is 19.4. The Morgan fingerprint density at radius 3 is 3.04 bits per heavy atom. The molecule has 3 rings (SSSR count). The normalized spacial score (nSPS) is 19.7. The van der Waals surface area contributed by atoms with Gasteiger partial charge in [0.2, 0.25) is 0 Å². The second-order valence-electron chi connectivity index (χ2n) is 6.99. The topological polar surface area (TPSA) is 82.5 Å². The van der Waals surface area contributed by atoms with Crippen molar-refractivity contribution in [1.82, 2.24) is 14.9 Å². The van der Waals surface area contributed by atoms with Gasteiger partial charge in [0, 0.05) is 19.2 Å². The maximum absolute atomic E-state index is 12.7. The summed E-state index contributed by atoms with van der Waals surface area (Å²) in [5.41, 5.74) is 2.01. The first-order valence-corrected chi connectivity index (χ1v) is 9.04. The highest BCUT2D eigenvalue weighted by Gasteiger charge is 2.28. The van der Waals surface area contributed by atoms with Crippen LogP contribution < -0.4 is 10.9 Å². The lowest BCUT2D eigenvalue weighted by atomic mass is 10.1. The number of carbonyl (C=O) groups excluding carboxylic acids is 1. The van der Waals surface area contributed by atoms with Gasteiger partial charge in [-0.05, 0) is 38.5 Å². The lowest BCUT2D eigenvalue weighted by molar-refractivity contribution is -0.0457. The van der Waals surface area contributed by atoms with Crippen LogP contribution in [-0.2, 0) is 16.5 Å². The highest BCUT2D eigenvalue weighted by Crippen LogP contribution is 2.15. The lowest BCUT2D eigenvalue weighted by Crippen LogP contribution is -2.50. The molecule has 2 atom stereocenters. The third-order valence-corrected chi connectivity index (χ3v) is 4.59. The van der Waals surface area contributed by atoms with Crippen LogP contribution in [0.5, 0.6) is 0 Å². The molecule has 1 aliphatic rings. The zero-order valence-corrected chi connectivity index (χ0v) is 15.9. The molecule has 27 heavy (non-hydrogen) atoms. The van der Waals surface area contributed by atoms with E-state index in [4.69, 9.17) is 9.47 Å². The van der Waals surface area contributed by atoms with Crippen molar-refractivity contribution in [2.45, 2.75) is 32.4 Å². The standard InChI is InChI=1S/C20H25N3O4/c1-13(2)6-9-27-18-7-8-26-11-17(18)22-19(24)14-4-5-15-16(10-14)21-12-23(3)20(15)25/h4-6,10,12,17-18H,7-9,11H2,1-3H3,(H,22,24)/t17-,18+/m0/s1. The van der Waals surface area contributed by atoms with Crippen LogP contribution in [0.15, 0.2) is 41.0 Å². The summed E-state index contributed by atoms with van der Waals surface area (Å²) >= 11 is 0. The average Bonchev–Trinajstić information content (AvgIpc) is 2.65. The molecule has 1 amide bonds. The first-order valence-electron chi connectivity index (χ1n) is 9.04. The fourth-order valence-electron chi connectivity index (χ4n) is 2.99. The molecule has 1 aromatic carbocycles. The van der Waals surface area contributed by atoms with Crippen molar-refractivity contribution in [3.63, 3.8) is 0 Å². The maximum Gasteiger partial charge on any atom is 0.260 e. The number of aryl methyl sites for hydroxylation is 1. The second-order valence-corrected chi connectivity index (χ2v) is 6.99. The molecular formula is C20H25N3O4. The molecule has 0 radical (unpaired) electrons. The van der Waals surface area contributed by atoms with E-state index >= 15 is 0 Å². The number of amides is 1. The molecule has 2 aromatic rings. The van der Waals surface area contributed by atoms with Crippen LogP contribution in [0.1, 0.15) is 30.6 Å². The largest absolute Gasteiger partial charge is 0.379 e. The van der Waals surface area contributed by atoms with Crippen molar-refractivity contribution in [1.29, 1.82) is 0 Å². The van der Waals surface area contributed by atoms with Crippen LogP contribution in [0.2, 0.25) is 0 Å². The Morgan fingerprint density at radius 1 is 1.44 bits per heavy atom. The molecule has 0 aliphatic carbocycles. The number of allylic oxidation sites excluding steroid dienone is 1. The number of fused-ring (bicyclic) bond motifs is 1. The molecule has 0 unspecified atom stereocenters. The second kappa shape index (κ2) is 8.45. The molecule has 1 aliphatic heterocycles. The van der Waals surface area contributed by atoms with Crippen LogP contribution in [-0.4, -0.2) is 47.4 Å². The van der Waals surface area contributed by atoms with Gasteiger partial charge >= 0.3 is 0 Å². The summed E-state index contributed by atoms with van der Waals surface area (Å²) in [6, 6.07) is 4.70. The molecule has 1 N–H and O–H groups in total. The highest BCUT2D eigenvalue weighted by molar-refractivity contribution is 5.97. The number of rotatable bonds is 5. The molecule has 1 aromatic heterocycles. The average molecular weight is 371 g/mol. The van der Waals surface area contributed by atoms with Gasteiger partial charge in [0.1, 0.15) is 0 Å². The summed E-state index contributed by atoms with van der Waals surface area (Å²) in [5.74, 6) is -0.231. The summed E-state index contributed by atoms with van der Waals surface area (Å²) in [6.07, 6.45) is 4.11. The Kier molecular flexibility index (Phi) is 6.03. The molecule has 1 saturated heterocycles. The predicted octanol–water partition coefficient (Wildman–Crippen LogP) is 1.80. The van der Waals surface area contributed by atoms with Gasteiger partial charge in [0.25, 0.3) is 11.5 Å². The van der Waals surface area contributed by atoms with Gasteiger partial charge in [-0.3, -0.25) is 9.59 Å². The van der Waals surface area contributed by atoms with Crippen molar-refractivity contribution in [3.8, 4) is 0 Å². The third kappa shape index (κ3) is 4.61. The first kappa shape index (κ1) is 19.3. The Labute approximate surface area is 158 Å². The number of carbonyl (C=O) groups is 1. The van der Waals surface area contributed by atoms with Gasteiger partial charge in [-0.1, -0.05) is 11.6 Å². The van der Waals surface area contributed by atoms with Crippen LogP contribution in [0.4, 0.5) is 0 Å². The monoisotopic (exact) mass is 371 g/mol. The predicted molar refractivity (Wildman–Crippen MR) is 103 cm³/mol. The Morgan fingerprint density at radius 2 is 2.26 bits per heavy atom. The van der Waals surface area contributed by atoms with E-state index in [0.717, 1.165) is 6.42 Å². The fourth-order valence-corrected chi connectivity index (χ4v) is 2.99. The van der Waals surface area contributed by atoms with E-state index in [0.29, 0.717) is 36.3 Å². The number of nitrogens with one attached hydrogen (secondary N) is 1. The molecule has 7 nitrogen and oxygen atoms in total. The van der Waals surface area contributed by atoms with Crippen molar-refractivity contribution in [2.24, 2.45) is 7.05 Å². The lowest BCUT2D eigenvalue weighted by Gasteiger charge is -2.31. The summed E-state index contributed by atoms with van der Waals surface area (Å²) in [6.45, 7) is 5.59. The minimum Gasteiger partial charge on any atom is -0.379 e. The van der Waals surface area contributed by atoms with E-state index in [1.54, 1.807) is 25.2 Å². The van der Waals surface area contributed by atoms with Gasteiger partial charge in [-0.15, -0.1) is 0 Å². The summed E-state index contributed by atoms with van der Waals surface area (Å²) in [7, 11) is 1.65. The van der Waals surface area contributed by atoms with E-state index in [9.17, 15) is 9.59 Å². The third-order valence-electron chi connectivity index (χ3n) is 4.59. The van der Waals surface area contributed by atoms with Crippen molar-refractivity contribution in [2.75, 3.05) is 19.8 Å². The molecule has 0 saturated carbocycles.